The van der Waals surface area contributed by atoms with E-state index < -0.39 is 0 Å². The van der Waals surface area contributed by atoms with Crippen molar-refractivity contribution in [3.63, 3.8) is 0 Å². The number of nitrogens with one attached hydrogen (secondary N) is 1. The molecular weight excluding hydrogens is 272 g/mol. The smallest absolute Gasteiger partial charge is 0.224 e. The lowest BCUT2D eigenvalue weighted by Crippen LogP contribution is -2.55. The minimum Gasteiger partial charge on any atom is -0.356 e. The molecule has 1 amide bonds. The molecule has 2 fully saturated rings. The third-order valence-electron chi connectivity index (χ3n) is 6.63. The average molecular weight is 294 g/mol. The van der Waals surface area contributed by atoms with E-state index in [4.69, 9.17) is 0 Å². The Bertz CT molecular complexity index is 792. The molecule has 0 bridgehead atoms. The molecule has 2 aliphatic heterocycles. The second kappa shape index (κ2) is 3.95. The highest BCUT2D eigenvalue weighted by Crippen LogP contribution is 2.62. The van der Waals surface area contributed by atoms with Crippen molar-refractivity contribution < 1.29 is 4.79 Å². The molecule has 3 nitrogen and oxygen atoms in total. The Morgan fingerprint density at radius 3 is 2.91 bits per heavy atom. The minimum absolute atomic E-state index is 0.0745. The van der Waals surface area contributed by atoms with Crippen LogP contribution >= 0.6 is 0 Å². The van der Waals surface area contributed by atoms with Crippen LogP contribution in [0.3, 0.4) is 0 Å². The predicted molar refractivity (Wildman–Crippen MR) is 86.6 cm³/mol. The number of aromatic amines is 1. The molecule has 2 aromatic rings. The number of hydrogen-bond donors (Lipinski definition) is 1. The summed E-state index contributed by atoms with van der Waals surface area (Å²) < 4.78 is 0. The van der Waals surface area contributed by atoms with Crippen molar-refractivity contribution in [3.8, 4) is 0 Å². The van der Waals surface area contributed by atoms with E-state index in [9.17, 15) is 4.79 Å². The summed E-state index contributed by atoms with van der Waals surface area (Å²) in [7, 11) is 0. The Labute approximate surface area is 130 Å². The molecule has 0 unspecified atom stereocenters. The number of H-pyrrole nitrogens is 1. The van der Waals surface area contributed by atoms with Gasteiger partial charge in [-0.05, 0) is 30.9 Å². The van der Waals surface area contributed by atoms with E-state index >= 15 is 0 Å². The quantitative estimate of drug-likeness (QED) is 0.789. The Morgan fingerprint density at radius 1 is 1.18 bits per heavy atom. The van der Waals surface area contributed by atoms with E-state index in [1.54, 1.807) is 0 Å². The number of benzene rings is 1. The predicted octanol–water partition coefficient (Wildman–Crippen LogP) is 3.73. The van der Waals surface area contributed by atoms with Gasteiger partial charge >= 0.3 is 0 Å². The second-order valence-corrected chi connectivity index (χ2v) is 7.62. The van der Waals surface area contributed by atoms with E-state index in [0.717, 1.165) is 25.8 Å². The van der Waals surface area contributed by atoms with Crippen LogP contribution in [0.1, 0.15) is 50.3 Å². The van der Waals surface area contributed by atoms with E-state index in [1.165, 1.54) is 41.4 Å². The van der Waals surface area contributed by atoms with E-state index in [-0.39, 0.29) is 11.0 Å². The first-order valence-corrected chi connectivity index (χ1v) is 8.56. The van der Waals surface area contributed by atoms with Crippen molar-refractivity contribution >= 4 is 16.8 Å². The summed E-state index contributed by atoms with van der Waals surface area (Å²) in [6.07, 6.45) is 6.49. The maximum absolute atomic E-state index is 12.7. The Hall–Kier alpha value is -1.77. The molecule has 1 spiro atoms. The lowest BCUT2D eigenvalue weighted by Gasteiger charge is -2.53. The summed E-state index contributed by atoms with van der Waals surface area (Å²) >= 11 is 0. The lowest BCUT2D eigenvalue weighted by molar-refractivity contribution is -0.133. The number of hydrogen-bond acceptors (Lipinski definition) is 1. The molecule has 1 saturated carbocycles. The van der Waals surface area contributed by atoms with Crippen LogP contribution in [0.25, 0.3) is 10.9 Å². The van der Waals surface area contributed by atoms with Crippen LogP contribution < -0.4 is 0 Å². The molecule has 1 aliphatic carbocycles. The summed E-state index contributed by atoms with van der Waals surface area (Å²) in [5.41, 5.74) is 4.08. The van der Waals surface area contributed by atoms with E-state index in [2.05, 4.69) is 41.1 Å². The number of aromatic nitrogens is 1. The van der Waals surface area contributed by atoms with Gasteiger partial charge in [-0.25, -0.2) is 0 Å². The Kier molecular flexibility index (Phi) is 2.29. The summed E-state index contributed by atoms with van der Waals surface area (Å²) in [5.74, 6) is 0.369. The molecule has 1 aromatic heterocycles. The third-order valence-corrected chi connectivity index (χ3v) is 6.63. The molecule has 1 aromatic carbocycles. The fourth-order valence-corrected chi connectivity index (χ4v) is 5.66. The highest BCUT2D eigenvalue weighted by molar-refractivity contribution is 5.88. The van der Waals surface area contributed by atoms with Gasteiger partial charge in [0.15, 0.2) is 0 Å². The first-order chi connectivity index (χ1) is 10.7. The zero-order valence-corrected chi connectivity index (χ0v) is 13.1. The third kappa shape index (κ3) is 1.27. The maximum atomic E-state index is 12.7. The van der Waals surface area contributed by atoms with Gasteiger partial charge in [-0.3, -0.25) is 4.79 Å². The van der Waals surface area contributed by atoms with Crippen LogP contribution in [0, 0.1) is 5.41 Å². The van der Waals surface area contributed by atoms with Gasteiger partial charge in [-0.15, -0.1) is 0 Å². The van der Waals surface area contributed by atoms with Crippen molar-refractivity contribution in [1.29, 1.82) is 0 Å². The van der Waals surface area contributed by atoms with Crippen molar-refractivity contribution in [2.45, 2.75) is 51.0 Å². The zero-order chi connectivity index (χ0) is 14.9. The van der Waals surface area contributed by atoms with Gasteiger partial charge in [-0.2, -0.15) is 0 Å². The van der Waals surface area contributed by atoms with Gasteiger partial charge in [0.1, 0.15) is 0 Å². The molecular formula is C19H22N2O. The van der Waals surface area contributed by atoms with Crippen LogP contribution in [0.2, 0.25) is 0 Å². The van der Waals surface area contributed by atoms with Crippen molar-refractivity contribution in [2.75, 3.05) is 6.54 Å². The summed E-state index contributed by atoms with van der Waals surface area (Å²) in [6, 6.07) is 8.62. The van der Waals surface area contributed by atoms with Crippen LogP contribution in [-0.2, 0) is 16.8 Å². The Balaban J connectivity index is 1.84. The highest BCUT2D eigenvalue weighted by Gasteiger charge is 2.63. The molecule has 3 heteroatoms. The second-order valence-electron chi connectivity index (χ2n) is 7.62. The summed E-state index contributed by atoms with van der Waals surface area (Å²) in [6.45, 7) is 3.24. The first kappa shape index (κ1) is 12.7. The van der Waals surface area contributed by atoms with Gasteiger partial charge in [0.05, 0.1) is 5.54 Å². The molecule has 1 saturated heterocycles. The lowest BCUT2D eigenvalue weighted by atomic mass is 9.59. The monoisotopic (exact) mass is 294 g/mol. The number of amides is 1. The SMILES string of the molecule is C[C@@]12CCCC[C@]13c1[nH]c4ccccc4c1CCN3C(=O)C2. The topological polar surface area (TPSA) is 36.1 Å². The van der Waals surface area contributed by atoms with Crippen LogP contribution in [-0.4, -0.2) is 22.3 Å². The number of para-hydroxylation sites is 1. The molecule has 1 N–H and O–H groups in total. The van der Waals surface area contributed by atoms with E-state index in [0.29, 0.717) is 5.91 Å². The van der Waals surface area contributed by atoms with Gasteiger partial charge in [-0.1, -0.05) is 38.0 Å². The zero-order valence-electron chi connectivity index (χ0n) is 13.1. The van der Waals surface area contributed by atoms with Gasteiger partial charge in [0.2, 0.25) is 5.91 Å². The molecule has 2 atom stereocenters. The Morgan fingerprint density at radius 2 is 2.00 bits per heavy atom. The van der Waals surface area contributed by atoms with Crippen molar-refractivity contribution in [2.24, 2.45) is 5.41 Å². The van der Waals surface area contributed by atoms with Crippen LogP contribution in [0.15, 0.2) is 24.3 Å². The fraction of sp³-hybridized carbons (Fsp3) is 0.526. The first-order valence-electron chi connectivity index (χ1n) is 8.56. The average Bonchev–Trinajstić information content (AvgIpc) is 3.00. The highest BCUT2D eigenvalue weighted by atomic mass is 16.2. The normalized spacial score (nSPS) is 33.7. The van der Waals surface area contributed by atoms with Crippen molar-refractivity contribution in [1.82, 2.24) is 9.88 Å². The van der Waals surface area contributed by atoms with Gasteiger partial charge in [0.25, 0.3) is 0 Å². The van der Waals surface area contributed by atoms with Crippen LogP contribution in [0.5, 0.6) is 0 Å². The standard InChI is InChI=1S/C19H22N2O/c1-18-9-4-5-10-19(18)17-14(8-11-21(19)16(22)12-18)13-6-2-3-7-15(13)20-17/h2-3,6-7,20H,4-5,8-12H2,1H3/t18-,19-/m0/s1. The molecule has 114 valence electrons. The molecule has 3 aliphatic rings. The number of carbonyl (C=O) groups is 1. The van der Waals surface area contributed by atoms with Crippen molar-refractivity contribution in [3.05, 3.63) is 35.5 Å². The number of rotatable bonds is 0. The number of nitrogens with zero attached hydrogens (tertiary/aromatic N) is 1. The number of carbonyl (C=O) groups excluding carboxylic acids is 1. The molecule has 0 radical (unpaired) electrons. The van der Waals surface area contributed by atoms with E-state index in [1.807, 2.05) is 0 Å². The largest absolute Gasteiger partial charge is 0.356 e. The van der Waals surface area contributed by atoms with Gasteiger partial charge in [0, 0.05) is 35.0 Å². The fourth-order valence-electron chi connectivity index (χ4n) is 5.66. The molecule has 3 heterocycles. The van der Waals surface area contributed by atoms with Gasteiger partial charge < -0.3 is 9.88 Å². The number of fused-ring (bicyclic) bond motifs is 3. The van der Waals surface area contributed by atoms with Crippen LogP contribution in [0.4, 0.5) is 0 Å². The minimum atomic E-state index is -0.0745. The summed E-state index contributed by atoms with van der Waals surface area (Å²) in [4.78, 5) is 18.7. The summed E-state index contributed by atoms with van der Waals surface area (Å²) in [5, 5.41) is 1.36. The maximum Gasteiger partial charge on any atom is 0.224 e. The molecule has 22 heavy (non-hydrogen) atoms. The molecule has 5 rings (SSSR count).